The zero-order chi connectivity index (χ0) is 21.5. The maximum atomic E-state index is 13.5. The minimum absolute atomic E-state index is 0.0508. The topological polar surface area (TPSA) is 29.5 Å². The molecule has 0 unspecified atom stereocenters. The number of ether oxygens (including phenoxy) is 1. The Balaban J connectivity index is 1.56. The number of benzene rings is 3. The van der Waals surface area contributed by atoms with Gasteiger partial charge in [-0.15, -0.1) is 11.3 Å². The van der Waals surface area contributed by atoms with Gasteiger partial charge in [-0.05, 0) is 60.0 Å². The molecule has 0 aliphatic rings. The van der Waals surface area contributed by atoms with Crippen molar-refractivity contribution in [2.45, 2.75) is 20.0 Å². The van der Waals surface area contributed by atoms with Crippen LogP contribution in [0, 0.1) is 0 Å². The first-order valence-corrected chi connectivity index (χ1v) is 11.2. The molecule has 4 heteroatoms. The number of nitrogens with zero attached hydrogens (tertiary/aromatic N) is 1. The van der Waals surface area contributed by atoms with Gasteiger partial charge in [0.05, 0.1) is 11.5 Å². The Morgan fingerprint density at radius 1 is 0.774 bits per heavy atom. The number of amides is 1. The van der Waals surface area contributed by atoms with Crippen LogP contribution in [-0.4, -0.2) is 17.4 Å². The van der Waals surface area contributed by atoms with Crippen molar-refractivity contribution >= 4 is 17.2 Å². The number of hydrogen-bond acceptors (Lipinski definition) is 3. The fraction of sp³-hybridized carbons (Fsp3) is 0.148. The highest BCUT2D eigenvalue weighted by molar-refractivity contribution is 7.17. The molecule has 0 saturated carbocycles. The molecule has 0 bridgehead atoms. The summed E-state index contributed by atoms with van der Waals surface area (Å²) < 4.78 is 5.53. The van der Waals surface area contributed by atoms with Crippen molar-refractivity contribution in [2.75, 3.05) is 6.61 Å². The van der Waals surface area contributed by atoms with E-state index in [2.05, 4.69) is 24.3 Å². The second-order valence-electron chi connectivity index (χ2n) is 7.25. The number of thiophene rings is 1. The third-order valence-corrected chi connectivity index (χ3v) is 6.11. The van der Waals surface area contributed by atoms with Gasteiger partial charge in [-0.25, -0.2) is 0 Å². The fourth-order valence-corrected chi connectivity index (χ4v) is 4.43. The van der Waals surface area contributed by atoms with Gasteiger partial charge >= 0.3 is 0 Å². The minimum atomic E-state index is 0.0508. The van der Waals surface area contributed by atoms with E-state index in [0.717, 1.165) is 32.2 Å². The highest BCUT2D eigenvalue weighted by Crippen LogP contribution is 2.30. The largest absolute Gasteiger partial charge is 0.494 e. The molecule has 0 N–H and O–H groups in total. The Bertz CT molecular complexity index is 1060. The number of carbonyl (C=O) groups is 1. The van der Waals surface area contributed by atoms with Crippen molar-refractivity contribution in [3.63, 3.8) is 0 Å². The van der Waals surface area contributed by atoms with Crippen LogP contribution >= 0.6 is 11.3 Å². The van der Waals surface area contributed by atoms with E-state index in [0.29, 0.717) is 19.7 Å². The van der Waals surface area contributed by atoms with E-state index < -0.39 is 0 Å². The first kappa shape index (κ1) is 20.9. The first-order valence-electron chi connectivity index (χ1n) is 10.4. The summed E-state index contributed by atoms with van der Waals surface area (Å²) in [7, 11) is 0. The monoisotopic (exact) mass is 427 g/mol. The van der Waals surface area contributed by atoms with Gasteiger partial charge in [0.2, 0.25) is 0 Å². The summed E-state index contributed by atoms with van der Waals surface area (Å²) in [5.74, 6) is 0.908. The molecule has 0 fully saturated rings. The lowest BCUT2D eigenvalue weighted by Gasteiger charge is -2.22. The van der Waals surface area contributed by atoms with E-state index in [1.807, 2.05) is 84.6 Å². The second kappa shape index (κ2) is 10.1. The van der Waals surface area contributed by atoms with Crippen LogP contribution in [0.1, 0.15) is 27.7 Å². The molecule has 31 heavy (non-hydrogen) atoms. The van der Waals surface area contributed by atoms with Crippen LogP contribution in [0.3, 0.4) is 0 Å². The lowest BCUT2D eigenvalue weighted by atomic mass is 10.1. The van der Waals surface area contributed by atoms with Crippen LogP contribution in [-0.2, 0) is 13.1 Å². The van der Waals surface area contributed by atoms with Crippen molar-refractivity contribution in [2.24, 2.45) is 0 Å². The predicted octanol–water partition coefficient (Wildman–Crippen LogP) is 6.66. The molecule has 1 aromatic heterocycles. The van der Waals surface area contributed by atoms with Crippen LogP contribution in [0.2, 0.25) is 0 Å². The lowest BCUT2D eigenvalue weighted by molar-refractivity contribution is 0.0735. The summed E-state index contributed by atoms with van der Waals surface area (Å²) in [5.41, 5.74) is 3.33. The third-order valence-electron chi connectivity index (χ3n) is 4.99. The van der Waals surface area contributed by atoms with Crippen LogP contribution in [0.4, 0.5) is 0 Å². The Labute approximate surface area is 187 Å². The van der Waals surface area contributed by atoms with E-state index in [-0.39, 0.29) is 5.91 Å². The summed E-state index contributed by atoms with van der Waals surface area (Å²) in [4.78, 5) is 17.2. The summed E-state index contributed by atoms with van der Waals surface area (Å²) in [5, 5.41) is 0. The molecule has 0 atom stereocenters. The van der Waals surface area contributed by atoms with Gasteiger partial charge in [-0.2, -0.15) is 0 Å². The Kier molecular flexibility index (Phi) is 6.80. The number of hydrogen-bond donors (Lipinski definition) is 0. The molecule has 0 saturated heterocycles. The van der Waals surface area contributed by atoms with Crippen LogP contribution in [0.5, 0.6) is 5.75 Å². The molecule has 1 amide bonds. The van der Waals surface area contributed by atoms with Gasteiger partial charge in [0.15, 0.2) is 0 Å². The van der Waals surface area contributed by atoms with E-state index >= 15 is 0 Å². The molecular formula is C27H25NO2S. The van der Waals surface area contributed by atoms with Gasteiger partial charge in [0.1, 0.15) is 5.75 Å². The molecule has 0 spiro atoms. The molecule has 3 aromatic carbocycles. The smallest absolute Gasteiger partial charge is 0.264 e. The molecule has 0 aliphatic carbocycles. The van der Waals surface area contributed by atoms with E-state index in [4.69, 9.17) is 4.74 Å². The van der Waals surface area contributed by atoms with E-state index in [1.54, 1.807) is 0 Å². The van der Waals surface area contributed by atoms with Crippen molar-refractivity contribution in [1.29, 1.82) is 0 Å². The highest BCUT2D eigenvalue weighted by atomic mass is 32.1. The maximum Gasteiger partial charge on any atom is 0.264 e. The first-order chi connectivity index (χ1) is 15.2. The maximum absolute atomic E-state index is 13.5. The molecule has 0 aliphatic heterocycles. The van der Waals surface area contributed by atoms with Gasteiger partial charge < -0.3 is 9.64 Å². The van der Waals surface area contributed by atoms with Gasteiger partial charge in [-0.1, -0.05) is 60.7 Å². The average Bonchev–Trinajstić information content (AvgIpc) is 3.31. The molecule has 3 nitrogen and oxygen atoms in total. The Hall–Kier alpha value is -3.37. The van der Waals surface area contributed by atoms with Crippen LogP contribution in [0.15, 0.2) is 97.1 Å². The van der Waals surface area contributed by atoms with Gasteiger partial charge in [-0.3, -0.25) is 4.79 Å². The minimum Gasteiger partial charge on any atom is -0.494 e. The fourth-order valence-electron chi connectivity index (χ4n) is 3.45. The number of rotatable bonds is 8. The highest BCUT2D eigenvalue weighted by Gasteiger charge is 2.19. The summed E-state index contributed by atoms with van der Waals surface area (Å²) in [6.45, 7) is 3.77. The van der Waals surface area contributed by atoms with E-state index in [9.17, 15) is 4.79 Å². The van der Waals surface area contributed by atoms with Crippen LogP contribution < -0.4 is 4.74 Å². The van der Waals surface area contributed by atoms with Crippen LogP contribution in [0.25, 0.3) is 10.4 Å². The van der Waals surface area contributed by atoms with Crippen molar-refractivity contribution < 1.29 is 9.53 Å². The average molecular weight is 428 g/mol. The zero-order valence-electron chi connectivity index (χ0n) is 17.5. The SMILES string of the molecule is CCOc1ccc(-c2ccc(C(=O)N(Cc3ccccc3)Cc3ccccc3)s2)cc1. The summed E-state index contributed by atoms with van der Waals surface area (Å²) in [6.07, 6.45) is 0. The number of carbonyl (C=O) groups excluding carboxylic acids is 1. The van der Waals surface area contributed by atoms with E-state index in [1.165, 1.54) is 11.3 Å². The Morgan fingerprint density at radius 3 is 1.90 bits per heavy atom. The normalized spacial score (nSPS) is 10.6. The second-order valence-corrected chi connectivity index (χ2v) is 8.34. The van der Waals surface area contributed by atoms with Crippen molar-refractivity contribution in [1.82, 2.24) is 4.90 Å². The predicted molar refractivity (Wildman–Crippen MR) is 127 cm³/mol. The lowest BCUT2D eigenvalue weighted by Crippen LogP contribution is -2.29. The standard InChI is InChI=1S/C27H25NO2S/c1-2-30-24-15-13-23(14-16-24)25-17-18-26(31-25)27(29)28(19-21-9-5-3-6-10-21)20-22-11-7-4-8-12-22/h3-18H,2,19-20H2,1H3. The quantitative estimate of drug-likeness (QED) is 0.315. The molecule has 156 valence electrons. The zero-order valence-corrected chi connectivity index (χ0v) is 18.3. The van der Waals surface area contributed by atoms with Crippen molar-refractivity contribution in [3.8, 4) is 16.2 Å². The molecule has 1 heterocycles. The van der Waals surface area contributed by atoms with Gasteiger partial charge in [0, 0.05) is 18.0 Å². The third kappa shape index (κ3) is 5.41. The molecule has 0 radical (unpaired) electrons. The molecular weight excluding hydrogens is 402 g/mol. The van der Waals surface area contributed by atoms with Gasteiger partial charge in [0.25, 0.3) is 5.91 Å². The summed E-state index contributed by atoms with van der Waals surface area (Å²) in [6, 6.07) is 32.2. The van der Waals surface area contributed by atoms with Crippen molar-refractivity contribution in [3.05, 3.63) is 113 Å². The summed E-state index contributed by atoms with van der Waals surface area (Å²) >= 11 is 1.53. The molecule has 4 rings (SSSR count). The Morgan fingerprint density at radius 2 is 1.35 bits per heavy atom. The molecule has 4 aromatic rings.